The maximum absolute atomic E-state index is 3.71. The fraction of sp³-hybridized carbons (Fsp3) is 0.571. The molecule has 1 aromatic carbocycles. The molecule has 1 unspecified atom stereocenters. The van der Waals surface area contributed by atoms with E-state index in [0.29, 0.717) is 6.04 Å². The van der Waals surface area contributed by atoms with Gasteiger partial charge < -0.3 is 10.2 Å². The molecule has 1 aliphatic heterocycles. The molecule has 0 radical (unpaired) electrons. The lowest BCUT2D eigenvalue weighted by Crippen LogP contribution is -2.39. The molecule has 1 aromatic rings. The Labute approximate surface area is 112 Å². The van der Waals surface area contributed by atoms with Gasteiger partial charge in [0.05, 0.1) is 5.69 Å². The molecule has 3 rings (SSSR count). The van der Waals surface area contributed by atoms with Crippen molar-refractivity contribution in [3.8, 4) is 0 Å². The second kappa shape index (κ2) is 4.99. The molecule has 1 saturated heterocycles. The van der Waals surface area contributed by atoms with Crippen LogP contribution >= 0.6 is 15.9 Å². The number of anilines is 1. The largest absolute Gasteiger partial charge is 0.369 e. The van der Waals surface area contributed by atoms with E-state index in [9.17, 15) is 0 Å². The first kappa shape index (κ1) is 11.5. The van der Waals surface area contributed by atoms with Crippen LogP contribution < -0.4 is 10.2 Å². The summed E-state index contributed by atoms with van der Waals surface area (Å²) in [5.41, 5.74) is 1.35. The molecule has 2 nitrogen and oxygen atoms in total. The third-order valence-electron chi connectivity index (χ3n) is 3.81. The van der Waals surface area contributed by atoms with Crippen molar-refractivity contribution < 1.29 is 0 Å². The smallest absolute Gasteiger partial charge is 0.0511 e. The highest BCUT2D eigenvalue weighted by Gasteiger charge is 2.33. The fourth-order valence-corrected chi connectivity index (χ4v) is 3.23. The van der Waals surface area contributed by atoms with Gasteiger partial charge in [0.2, 0.25) is 0 Å². The van der Waals surface area contributed by atoms with E-state index in [1.54, 1.807) is 0 Å². The SMILES string of the molecule is Brc1ccccc1N1CCCNC(C2CC2)C1. The summed E-state index contributed by atoms with van der Waals surface area (Å²) in [5, 5.41) is 3.71. The summed E-state index contributed by atoms with van der Waals surface area (Å²) in [6.45, 7) is 3.49. The molecule has 2 fully saturated rings. The first-order valence-electron chi connectivity index (χ1n) is 6.57. The van der Waals surface area contributed by atoms with Gasteiger partial charge in [-0.25, -0.2) is 0 Å². The van der Waals surface area contributed by atoms with Crippen LogP contribution in [0.1, 0.15) is 19.3 Å². The molecular formula is C14H19BrN2. The van der Waals surface area contributed by atoms with E-state index in [1.165, 1.54) is 42.5 Å². The third-order valence-corrected chi connectivity index (χ3v) is 4.48. The quantitative estimate of drug-likeness (QED) is 0.902. The first-order chi connectivity index (χ1) is 8.34. The predicted molar refractivity (Wildman–Crippen MR) is 75.5 cm³/mol. The number of nitrogens with one attached hydrogen (secondary N) is 1. The number of benzene rings is 1. The molecule has 1 heterocycles. The second-order valence-corrected chi connectivity index (χ2v) is 6.00. The van der Waals surface area contributed by atoms with E-state index in [-0.39, 0.29) is 0 Å². The van der Waals surface area contributed by atoms with Crippen LogP contribution in [0.15, 0.2) is 28.7 Å². The van der Waals surface area contributed by atoms with Crippen LogP contribution in [-0.2, 0) is 0 Å². The average Bonchev–Trinajstić information content (AvgIpc) is 3.16. The third kappa shape index (κ3) is 2.66. The highest BCUT2D eigenvalue weighted by atomic mass is 79.9. The van der Waals surface area contributed by atoms with Gasteiger partial charge in [0.1, 0.15) is 0 Å². The van der Waals surface area contributed by atoms with Crippen LogP contribution in [0.4, 0.5) is 5.69 Å². The van der Waals surface area contributed by atoms with Gasteiger partial charge in [-0.3, -0.25) is 0 Å². The monoisotopic (exact) mass is 294 g/mol. The Morgan fingerprint density at radius 2 is 2.06 bits per heavy atom. The maximum Gasteiger partial charge on any atom is 0.0511 e. The van der Waals surface area contributed by atoms with Crippen molar-refractivity contribution in [2.75, 3.05) is 24.5 Å². The normalized spacial score (nSPS) is 25.7. The molecule has 1 N–H and O–H groups in total. The first-order valence-corrected chi connectivity index (χ1v) is 7.37. The fourth-order valence-electron chi connectivity index (χ4n) is 2.69. The Kier molecular flexibility index (Phi) is 3.39. The van der Waals surface area contributed by atoms with E-state index in [0.717, 1.165) is 12.5 Å². The number of halogens is 1. The maximum atomic E-state index is 3.71. The molecule has 0 aromatic heterocycles. The van der Waals surface area contributed by atoms with Crippen LogP contribution in [0.3, 0.4) is 0 Å². The standard InChI is InChI=1S/C14H19BrN2/c15-12-4-1-2-5-14(12)17-9-3-8-16-13(10-17)11-6-7-11/h1-2,4-5,11,13,16H,3,6-10H2. The van der Waals surface area contributed by atoms with E-state index < -0.39 is 0 Å². The molecule has 3 heteroatoms. The summed E-state index contributed by atoms with van der Waals surface area (Å²) < 4.78 is 1.22. The molecule has 0 spiro atoms. The zero-order valence-corrected chi connectivity index (χ0v) is 11.6. The Bertz CT molecular complexity index is 390. The summed E-state index contributed by atoms with van der Waals surface area (Å²) in [6.07, 6.45) is 4.08. The summed E-state index contributed by atoms with van der Waals surface area (Å²) in [5.74, 6) is 0.929. The van der Waals surface area contributed by atoms with Gasteiger partial charge in [-0.05, 0) is 59.8 Å². The van der Waals surface area contributed by atoms with Crippen molar-refractivity contribution >= 4 is 21.6 Å². The average molecular weight is 295 g/mol. The summed E-state index contributed by atoms with van der Waals surface area (Å²) in [4.78, 5) is 2.53. The molecule has 0 bridgehead atoms. The minimum atomic E-state index is 0.699. The molecule has 0 amide bonds. The van der Waals surface area contributed by atoms with Gasteiger partial charge in [0, 0.05) is 23.6 Å². The number of nitrogens with zero attached hydrogens (tertiary/aromatic N) is 1. The molecule has 17 heavy (non-hydrogen) atoms. The Hall–Kier alpha value is -0.540. The molecule has 1 atom stereocenters. The van der Waals surface area contributed by atoms with E-state index >= 15 is 0 Å². The number of rotatable bonds is 2. The Balaban J connectivity index is 1.78. The Morgan fingerprint density at radius 1 is 1.24 bits per heavy atom. The van der Waals surface area contributed by atoms with Crippen molar-refractivity contribution in [3.63, 3.8) is 0 Å². The van der Waals surface area contributed by atoms with Crippen molar-refractivity contribution in [1.82, 2.24) is 5.32 Å². The van der Waals surface area contributed by atoms with Crippen LogP contribution in [0.25, 0.3) is 0 Å². The summed E-state index contributed by atoms with van der Waals surface area (Å²) in [7, 11) is 0. The van der Waals surface area contributed by atoms with Gasteiger partial charge >= 0.3 is 0 Å². The number of para-hydroxylation sites is 1. The van der Waals surface area contributed by atoms with Gasteiger partial charge in [-0.1, -0.05) is 12.1 Å². The number of hydrogen-bond acceptors (Lipinski definition) is 2. The molecule has 2 aliphatic rings. The second-order valence-electron chi connectivity index (χ2n) is 5.15. The van der Waals surface area contributed by atoms with Crippen LogP contribution in [0.5, 0.6) is 0 Å². The van der Waals surface area contributed by atoms with Crippen LogP contribution in [0, 0.1) is 5.92 Å². The zero-order chi connectivity index (χ0) is 11.7. The van der Waals surface area contributed by atoms with Gasteiger partial charge in [-0.2, -0.15) is 0 Å². The molecular weight excluding hydrogens is 276 g/mol. The topological polar surface area (TPSA) is 15.3 Å². The van der Waals surface area contributed by atoms with Gasteiger partial charge in [0.15, 0.2) is 0 Å². The minimum absolute atomic E-state index is 0.699. The minimum Gasteiger partial charge on any atom is -0.369 e. The molecule has 92 valence electrons. The number of hydrogen-bond donors (Lipinski definition) is 1. The van der Waals surface area contributed by atoms with E-state index in [4.69, 9.17) is 0 Å². The molecule has 1 aliphatic carbocycles. The summed E-state index contributed by atoms with van der Waals surface area (Å²) >= 11 is 3.67. The predicted octanol–water partition coefficient (Wildman–Crippen LogP) is 3.03. The van der Waals surface area contributed by atoms with E-state index in [2.05, 4.69) is 50.4 Å². The summed E-state index contributed by atoms with van der Waals surface area (Å²) in [6, 6.07) is 9.27. The van der Waals surface area contributed by atoms with Crippen molar-refractivity contribution in [2.45, 2.75) is 25.3 Å². The highest BCUT2D eigenvalue weighted by molar-refractivity contribution is 9.10. The van der Waals surface area contributed by atoms with Crippen LogP contribution in [-0.4, -0.2) is 25.7 Å². The van der Waals surface area contributed by atoms with Gasteiger partial charge in [-0.15, -0.1) is 0 Å². The van der Waals surface area contributed by atoms with Crippen molar-refractivity contribution in [2.24, 2.45) is 5.92 Å². The highest BCUT2D eigenvalue weighted by Crippen LogP contribution is 2.35. The van der Waals surface area contributed by atoms with E-state index in [1.807, 2.05) is 0 Å². The molecule has 1 saturated carbocycles. The van der Waals surface area contributed by atoms with Gasteiger partial charge in [0.25, 0.3) is 0 Å². The lowest BCUT2D eigenvalue weighted by Gasteiger charge is -2.27. The van der Waals surface area contributed by atoms with Crippen LogP contribution in [0.2, 0.25) is 0 Å². The van der Waals surface area contributed by atoms with Crippen molar-refractivity contribution in [1.29, 1.82) is 0 Å². The lowest BCUT2D eigenvalue weighted by molar-refractivity contribution is 0.490. The zero-order valence-electron chi connectivity index (χ0n) is 10.0. The lowest BCUT2D eigenvalue weighted by atomic mass is 10.1. The Morgan fingerprint density at radius 3 is 2.82 bits per heavy atom. The van der Waals surface area contributed by atoms with Crippen molar-refractivity contribution in [3.05, 3.63) is 28.7 Å².